The number of nitrogens with one attached hydrogen (secondary N) is 2. The van der Waals surface area contributed by atoms with Crippen molar-refractivity contribution >= 4 is 34.2 Å². The van der Waals surface area contributed by atoms with Crippen LogP contribution in [0.4, 0.5) is 0 Å². The predicted molar refractivity (Wildman–Crippen MR) is 77.1 cm³/mol. The average molecular weight is 310 g/mol. The molecule has 0 amide bonds. The average Bonchev–Trinajstić information content (AvgIpc) is 2.33. The first-order chi connectivity index (χ1) is 9.10. The van der Waals surface area contributed by atoms with E-state index in [0.29, 0.717) is 5.71 Å². The molecule has 20 heavy (non-hydrogen) atoms. The first-order valence-corrected chi connectivity index (χ1v) is 6.23. The first kappa shape index (κ1) is 20.1. The van der Waals surface area contributed by atoms with E-state index in [1.165, 1.54) is 6.21 Å². The van der Waals surface area contributed by atoms with Gasteiger partial charge in [0.2, 0.25) is 11.9 Å². The summed E-state index contributed by atoms with van der Waals surface area (Å²) < 4.78 is 31.6. The van der Waals surface area contributed by atoms with Crippen molar-refractivity contribution in [1.82, 2.24) is 10.9 Å². The molecule has 0 aliphatic rings. The Labute approximate surface area is 116 Å². The first-order valence-electron chi connectivity index (χ1n) is 4.84. The molecule has 0 fully saturated rings. The van der Waals surface area contributed by atoms with Crippen LogP contribution in [0.3, 0.4) is 0 Å². The summed E-state index contributed by atoms with van der Waals surface area (Å²) in [5, 5.41) is 7.62. The molecule has 0 rings (SSSR count). The molecule has 0 saturated heterocycles. The summed E-state index contributed by atoms with van der Waals surface area (Å²) in [7, 11) is -1.56. The Bertz CT molecular complexity index is 487. The van der Waals surface area contributed by atoms with E-state index in [2.05, 4.69) is 31.0 Å². The molecule has 0 radical (unpaired) electrons. The Morgan fingerprint density at radius 2 is 1.50 bits per heavy atom. The van der Waals surface area contributed by atoms with E-state index in [0.717, 1.165) is 0 Å². The van der Waals surface area contributed by atoms with Gasteiger partial charge in [0.05, 0.1) is 11.9 Å². The molecule has 0 aromatic carbocycles. The van der Waals surface area contributed by atoms with Gasteiger partial charge < -0.3 is 11.5 Å². The van der Waals surface area contributed by atoms with Crippen LogP contribution in [0.5, 0.6) is 0 Å². The van der Waals surface area contributed by atoms with Crippen molar-refractivity contribution in [3.8, 4) is 0 Å². The molecule has 0 atom stereocenters. The van der Waals surface area contributed by atoms with Crippen molar-refractivity contribution in [2.24, 2.45) is 31.7 Å². The molecule has 0 aliphatic heterocycles. The third kappa shape index (κ3) is 21.1. The third-order valence-electron chi connectivity index (χ3n) is 1.26. The largest absolute Gasteiger partial charge is 0.394 e. The third-order valence-corrected chi connectivity index (χ3v) is 1.26. The van der Waals surface area contributed by atoms with E-state index < -0.39 is 10.4 Å². The zero-order valence-corrected chi connectivity index (χ0v) is 12.0. The molecule has 0 aliphatic carbocycles. The van der Waals surface area contributed by atoms with Gasteiger partial charge in [-0.15, -0.1) is 0 Å². The van der Waals surface area contributed by atoms with Gasteiger partial charge >= 0.3 is 10.4 Å². The molecule has 0 bridgehead atoms. The van der Waals surface area contributed by atoms with E-state index in [1.54, 1.807) is 21.0 Å². The second-order valence-corrected chi connectivity index (χ2v) is 3.80. The van der Waals surface area contributed by atoms with Crippen LogP contribution in [0, 0.1) is 0 Å². The number of hydrogen-bond acceptors (Lipinski definition) is 6. The summed E-state index contributed by atoms with van der Waals surface area (Å²) in [6.07, 6.45) is 1.47. The number of aliphatic imine (C=N–C) groups is 2. The number of hydrazone groups is 2. The predicted octanol–water partition coefficient (Wildman–Crippen LogP) is -2.24. The lowest BCUT2D eigenvalue weighted by Gasteiger charge is -1.98. The van der Waals surface area contributed by atoms with Gasteiger partial charge in [-0.05, 0) is 6.92 Å². The van der Waals surface area contributed by atoms with Crippen molar-refractivity contribution in [2.75, 3.05) is 14.1 Å². The van der Waals surface area contributed by atoms with E-state index in [9.17, 15) is 0 Å². The molecule has 0 aromatic rings. The summed E-state index contributed by atoms with van der Waals surface area (Å²) in [6.45, 7) is 1.74. The maximum absolute atomic E-state index is 8.74. The van der Waals surface area contributed by atoms with E-state index in [1.807, 2.05) is 0 Å². The van der Waals surface area contributed by atoms with Crippen molar-refractivity contribution in [3.63, 3.8) is 0 Å². The van der Waals surface area contributed by atoms with Crippen molar-refractivity contribution in [3.05, 3.63) is 0 Å². The van der Waals surface area contributed by atoms with Crippen LogP contribution in [0.25, 0.3) is 0 Å². The number of rotatable bonds is 3. The minimum atomic E-state index is -4.67. The lowest BCUT2D eigenvalue weighted by Crippen LogP contribution is -2.29. The maximum atomic E-state index is 8.74. The fourth-order valence-corrected chi connectivity index (χ4v) is 0.466. The van der Waals surface area contributed by atoms with Crippen LogP contribution in [0.2, 0.25) is 0 Å². The topological polar surface area (TPSA) is 200 Å². The quantitative estimate of drug-likeness (QED) is 0.145. The molecule has 8 N–H and O–H groups in total. The number of nitrogens with zero attached hydrogens (tertiary/aromatic N) is 4. The molecule has 13 heteroatoms. The Kier molecular flexibility index (Phi) is 10.7. The second kappa shape index (κ2) is 10.7. The Balaban J connectivity index is 0. The van der Waals surface area contributed by atoms with E-state index >= 15 is 0 Å². The smallest absolute Gasteiger partial charge is 0.369 e. The van der Waals surface area contributed by atoms with Crippen molar-refractivity contribution < 1.29 is 17.5 Å². The van der Waals surface area contributed by atoms with Crippen molar-refractivity contribution in [1.29, 1.82) is 0 Å². The zero-order chi connectivity index (χ0) is 16.2. The second-order valence-electron chi connectivity index (χ2n) is 2.90. The maximum Gasteiger partial charge on any atom is 0.394 e. The van der Waals surface area contributed by atoms with Crippen LogP contribution >= 0.6 is 0 Å². The number of hydrogen-bond donors (Lipinski definition) is 6. The van der Waals surface area contributed by atoms with E-state index in [-0.39, 0.29) is 11.9 Å². The molecular weight excluding hydrogens is 292 g/mol. The molecule has 0 unspecified atom stereocenters. The van der Waals surface area contributed by atoms with Gasteiger partial charge in [0.15, 0.2) is 0 Å². The normalized spacial score (nSPS) is 13.8. The molecule has 0 aromatic heterocycles. The summed E-state index contributed by atoms with van der Waals surface area (Å²) in [5.41, 5.74) is 16.3. The highest BCUT2D eigenvalue weighted by molar-refractivity contribution is 7.79. The molecule has 12 nitrogen and oxygen atoms in total. The van der Waals surface area contributed by atoms with Gasteiger partial charge in [0.1, 0.15) is 0 Å². The van der Waals surface area contributed by atoms with E-state index in [4.69, 9.17) is 29.0 Å². The molecule has 0 spiro atoms. The minimum Gasteiger partial charge on any atom is -0.369 e. The molecule has 0 saturated carbocycles. The van der Waals surface area contributed by atoms with Gasteiger partial charge in [-0.3, -0.25) is 19.1 Å². The fraction of sp³-hybridized carbons (Fsp3) is 0.429. The standard InChI is InChI=1S/C7H16N8.H2O4S/c1-5(13-15-7(9)11-3)4-12-14-6(8)10-2;1-5(2,3)4/h4H,1-3H3,(H3,8,10,14)(H3,9,11,15);(H2,1,2,3,4). The van der Waals surface area contributed by atoms with Gasteiger partial charge in [-0.2, -0.15) is 18.6 Å². The zero-order valence-electron chi connectivity index (χ0n) is 11.1. The lowest BCUT2D eigenvalue weighted by molar-refractivity contribution is 0.381. The Hall–Kier alpha value is -2.25. The van der Waals surface area contributed by atoms with Gasteiger partial charge in [0.25, 0.3) is 0 Å². The molecule has 0 heterocycles. The highest BCUT2D eigenvalue weighted by Crippen LogP contribution is 1.70. The van der Waals surface area contributed by atoms with Gasteiger partial charge in [-0.25, -0.2) is 10.9 Å². The van der Waals surface area contributed by atoms with Crippen LogP contribution in [-0.2, 0) is 10.4 Å². The molecule has 116 valence electrons. The van der Waals surface area contributed by atoms with Crippen molar-refractivity contribution in [2.45, 2.75) is 6.92 Å². The van der Waals surface area contributed by atoms with Gasteiger partial charge in [-0.1, -0.05) is 0 Å². The van der Waals surface area contributed by atoms with Crippen LogP contribution in [0.1, 0.15) is 6.92 Å². The fourth-order valence-electron chi connectivity index (χ4n) is 0.466. The van der Waals surface area contributed by atoms with Crippen LogP contribution < -0.4 is 22.3 Å². The number of guanidine groups is 2. The summed E-state index contributed by atoms with van der Waals surface area (Å²) in [6, 6.07) is 0. The van der Waals surface area contributed by atoms with Crippen LogP contribution in [0.15, 0.2) is 20.2 Å². The highest BCUT2D eigenvalue weighted by atomic mass is 32.3. The Morgan fingerprint density at radius 3 is 1.90 bits per heavy atom. The Morgan fingerprint density at radius 1 is 1.10 bits per heavy atom. The lowest BCUT2D eigenvalue weighted by atomic mass is 10.5. The van der Waals surface area contributed by atoms with Gasteiger partial charge in [0, 0.05) is 14.1 Å². The number of nitrogens with two attached hydrogens (primary N) is 2. The SMILES string of the molecule is CN=C(N)NN=CC(C)=NNC(N)=NC.O=S(=O)(O)O. The summed E-state index contributed by atoms with van der Waals surface area (Å²) in [4.78, 5) is 7.31. The van der Waals surface area contributed by atoms with Crippen LogP contribution in [-0.4, -0.2) is 55.5 Å². The minimum absolute atomic E-state index is 0.224. The summed E-state index contributed by atoms with van der Waals surface area (Å²) >= 11 is 0. The molecular formula is C7H18N8O4S. The monoisotopic (exact) mass is 310 g/mol. The highest BCUT2D eigenvalue weighted by Gasteiger charge is 1.87. The summed E-state index contributed by atoms with van der Waals surface area (Å²) in [5.74, 6) is 0.451.